The molecule has 0 spiro atoms. The number of nitrogens with zero attached hydrogens (tertiary/aromatic N) is 2. The van der Waals surface area contributed by atoms with Gasteiger partial charge in [0.1, 0.15) is 10.0 Å². The summed E-state index contributed by atoms with van der Waals surface area (Å²) in [7, 11) is -2.42. The molecule has 0 fully saturated rings. The number of aromatic carboxylic acids is 1. The van der Waals surface area contributed by atoms with Crippen molar-refractivity contribution in [3.05, 3.63) is 39.8 Å². The average molecular weight is 377 g/mol. The predicted octanol–water partition coefficient (Wildman–Crippen LogP) is 2.43. The van der Waals surface area contributed by atoms with E-state index in [1.807, 2.05) is 0 Å². The molecule has 0 radical (unpaired) electrons. The Labute approximate surface area is 127 Å². The van der Waals surface area contributed by atoms with Gasteiger partial charge in [0.15, 0.2) is 5.69 Å². The smallest absolute Gasteiger partial charge is 0.354 e. The number of anilines is 1. The number of hydrogen-bond donors (Lipinski definition) is 1. The van der Waals surface area contributed by atoms with Crippen molar-refractivity contribution < 1.29 is 18.3 Å². The number of rotatable bonds is 4. The molecular formula is C11H9BrN2O4S2. The molecule has 20 heavy (non-hydrogen) atoms. The van der Waals surface area contributed by atoms with Crippen LogP contribution in [-0.4, -0.2) is 31.5 Å². The Balaban J connectivity index is 2.43. The van der Waals surface area contributed by atoms with E-state index in [1.54, 1.807) is 6.07 Å². The molecule has 106 valence electrons. The van der Waals surface area contributed by atoms with Gasteiger partial charge in [-0.05, 0) is 40.2 Å². The fourth-order valence-electron chi connectivity index (χ4n) is 1.41. The van der Waals surface area contributed by atoms with Crippen LogP contribution < -0.4 is 4.31 Å². The van der Waals surface area contributed by atoms with Crippen molar-refractivity contribution in [1.82, 2.24) is 4.98 Å². The van der Waals surface area contributed by atoms with Gasteiger partial charge in [0.05, 0.1) is 3.79 Å². The summed E-state index contributed by atoms with van der Waals surface area (Å²) >= 11 is 4.27. The second-order valence-corrected chi connectivity index (χ2v) is 8.38. The highest BCUT2D eigenvalue weighted by Gasteiger charge is 2.24. The fraction of sp³-hybridized carbons (Fsp3) is 0.0909. The molecule has 0 aliphatic carbocycles. The predicted molar refractivity (Wildman–Crippen MR) is 78.8 cm³/mol. The number of aromatic nitrogens is 1. The lowest BCUT2D eigenvalue weighted by Crippen LogP contribution is -2.27. The van der Waals surface area contributed by atoms with Crippen LogP contribution >= 0.6 is 27.3 Å². The first kappa shape index (κ1) is 14.9. The molecule has 0 aliphatic rings. The topological polar surface area (TPSA) is 87.6 Å². The number of halogens is 1. The normalized spacial score (nSPS) is 11.3. The standard InChI is InChI=1S/C11H9BrN2O4S2/c1-14(9-4-2-3-7(13-9)11(15)16)20(17,18)10-6-5-8(12)19-10/h2-6H,1H3,(H,15,16). The quantitative estimate of drug-likeness (QED) is 0.884. The SMILES string of the molecule is CN(c1cccc(C(=O)O)n1)S(=O)(=O)c1ccc(Br)s1. The lowest BCUT2D eigenvalue weighted by Gasteiger charge is -2.17. The third kappa shape index (κ3) is 2.84. The summed E-state index contributed by atoms with van der Waals surface area (Å²) in [5.41, 5.74) is -0.211. The summed E-state index contributed by atoms with van der Waals surface area (Å²) in [6.45, 7) is 0. The first-order valence-corrected chi connectivity index (χ1v) is 8.32. The highest BCUT2D eigenvalue weighted by atomic mass is 79.9. The van der Waals surface area contributed by atoms with Crippen molar-refractivity contribution in [2.45, 2.75) is 4.21 Å². The molecule has 2 heterocycles. The van der Waals surface area contributed by atoms with Crippen LogP contribution in [0, 0.1) is 0 Å². The minimum absolute atomic E-state index is 0.0504. The van der Waals surface area contributed by atoms with Crippen LogP contribution in [0.15, 0.2) is 38.3 Å². The lowest BCUT2D eigenvalue weighted by molar-refractivity contribution is 0.0690. The zero-order chi connectivity index (χ0) is 14.9. The Morgan fingerprint density at radius 2 is 2.05 bits per heavy atom. The molecule has 1 N–H and O–H groups in total. The van der Waals surface area contributed by atoms with Crippen molar-refractivity contribution in [3.8, 4) is 0 Å². The average Bonchev–Trinajstić information content (AvgIpc) is 2.85. The molecule has 0 saturated heterocycles. The van der Waals surface area contributed by atoms with E-state index in [0.717, 1.165) is 15.6 Å². The van der Waals surface area contributed by atoms with Crippen LogP contribution in [0.3, 0.4) is 0 Å². The molecular weight excluding hydrogens is 368 g/mol. The molecule has 2 rings (SSSR count). The van der Waals surface area contributed by atoms with Gasteiger partial charge >= 0.3 is 5.97 Å². The minimum Gasteiger partial charge on any atom is -0.477 e. The van der Waals surface area contributed by atoms with Gasteiger partial charge in [-0.15, -0.1) is 11.3 Å². The summed E-state index contributed by atoms with van der Waals surface area (Å²) in [5.74, 6) is -1.16. The first-order chi connectivity index (χ1) is 9.32. The van der Waals surface area contributed by atoms with Crippen LogP contribution in [0.25, 0.3) is 0 Å². The van der Waals surface area contributed by atoms with E-state index in [-0.39, 0.29) is 15.7 Å². The highest BCUT2D eigenvalue weighted by molar-refractivity contribution is 9.11. The number of thiophene rings is 1. The van der Waals surface area contributed by atoms with Gasteiger partial charge < -0.3 is 5.11 Å². The van der Waals surface area contributed by atoms with E-state index in [1.165, 1.54) is 31.3 Å². The van der Waals surface area contributed by atoms with E-state index in [0.29, 0.717) is 3.79 Å². The summed E-state index contributed by atoms with van der Waals surface area (Å²) in [6, 6.07) is 7.29. The van der Waals surface area contributed by atoms with Gasteiger partial charge in [0, 0.05) is 7.05 Å². The molecule has 9 heteroatoms. The van der Waals surface area contributed by atoms with E-state index in [9.17, 15) is 13.2 Å². The van der Waals surface area contributed by atoms with Crippen LogP contribution in [0.5, 0.6) is 0 Å². The Morgan fingerprint density at radius 3 is 2.60 bits per heavy atom. The van der Waals surface area contributed by atoms with Crippen molar-refractivity contribution >= 4 is 49.1 Å². The second-order valence-electron chi connectivity index (χ2n) is 3.72. The Morgan fingerprint density at radius 1 is 1.35 bits per heavy atom. The maximum atomic E-state index is 12.4. The number of carboxylic acid groups (broad SMARTS) is 1. The molecule has 0 atom stereocenters. The Bertz CT molecular complexity index is 757. The third-order valence-corrected chi connectivity index (χ3v) is 6.29. The number of carbonyl (C=O) groups is 1. The molecule has 0 aromatic carbocycles. The fourth-order valence-corrected chi connectivity index (χ4v) is 4.74. The molecule has 2 aromatic heterocycles. The van der Waals surface area contributed by atoms with Crippen LogP contribution in [0.4, 0.5) is 5.82 Å². The Kier molecular flexibility index (Phi) is 4.11. The van der Waals surface area contributed by atoms with Crippen molar-refractivity contribution in [2.24, 2.45) is 0 Å². The van der Waals surface area contributed by atoms with Crippen LogP contribution in [-0.2, 0) is 10.0 Å². The van der Waals surface area contributed by atoms with Gasteiger partial charge in [-0.3, -0.25) is 4.31 Å². The number of hydrogen-bond acceptors (Lipinski definition) is 5. The molecule has 0 unspecified atom stereocenters. The number of sulfonamides is 1. The van der Waals surface area contributed by atoms with Gasteiger partial charge in [-0.2, -0.15) is 0 Å². The largest absolute Gasteiger partial charge is 0.477 e. The van der Waals surface area contributed by atoms with E-state index in [2.05, 4.69) is 20.9 Å². The summed E-state index contributed by atoms with van der Waals surface area (Å²) in [5, 5.41) is 8.88. The summed E-state index contributed by atoms with van der Waals surface area (Å²) in [6.07, 6.45) is 0. The Hall–Kier alpha value is -1.45. The molecule has 0 aliphatic heterocycles. The molecule has 2 aromatic rings. The van der Waals surface area contributed by atoms with E-state index >= 15 is 0 Å². The zero-order valence-electron chi connectivity index (χ0n) is 10.1. The van der Waals surface area contributed by atoms with Gasteiger partial charge in [-0.1, -0.05) is 6.07 Å². The second kappa shape index (κ2) is 5.51. The van der Waals surface area contributed by atoms with E-state index < -0.39 is 16.0 Å². The molecule has 0 saturated carbocycles. The third-order valence-electron chi connectivity index (χ3n) is 2.44. The number of carboxylic acids is 1. The van der Waals surface area contributed by atoms with Gasteiger partial charge in [0.25, 0.3) is 10.0 Å². The van der Waals surface area contributed by atoms with Crippen LogP contribution in [0.1, 0.15) is 10.5 Å². The van der Waals surface area contributed by atoms with Gasteiger partial charge in [0.2, 0.25) is 0 Å². The maximum absolute atomic E-state index is 12.4. The molecule has 0 amide bonds. The first-order valence-electron chi connectivity index (χ1n) is 5.27. The van der Waals surface area contributed by atoms with Crippen molar-refractivity contribution in [3.63, 3.8) is 0 Å². The zero-order valence-corrected chi connectivity index (χ0v) is 13.4. The minimum atomic E-state index is -3.75. The molecule has 0 bridgehead atoms. The van der Waals surface area contributed by atoms with Crippen molar-refractivity contribution in [1.29, 1.82) is 0 Å². The van der Waals surface area contributed by atoms with Gasteiger partial charge in [-0.25, -0.2) is 18.2 Å². The van der Waals surface area contributed by atoms with E-state index in [4.69, 9.17) is 5.11 Å². The lowest BCUT2D eigenvalue weighted by atomic mass is 10.3. The maximum Gasteiger partial charge on any atom is 0.354 e. The number of pyridine rings is 1. The highest BCUT2D eigenvalue weighted by Crippen LogP contribution is 2.29. The summed E-state index contributed by atoms with van der Waals surface area (Å²) in [4.78, 5) is 14.7. The van der Waals surface area contributed by atoms with Crippen LogP contribution in [0.2, 0.25) is 0 Å². The monoisotopic (exact) mass is 376 g/mol. The summed E-state index contributed by atoms with van der Waals surface area (Å²) < 4.78 is 26.5. The molecule has 6 nitrogen and oxygen atoms in total. The van der Waals surface area contributed by atoms with Crippen molar-refractivity contribution in [2.75, 3.05) is 11.4 Å².